The Bertz CT molecular complexity index is 601. The van der Waals surface area contributed by atoms with Gasteiger partial charge < -0.3 is 15.3 Å². The van der Waals surface area contributed by atoms with Crippen LogP contribution in [0.25, 0.3) is 0 Å². The van der Waals surface area contributed by atoms with E-state index < -0.39 is 11.0 Å². The van der Waals surface area contributed by atoms with E-state index in [9.17, 15) is 20.0 Å². The van der Waals surface area contributed by atoms with Gasteiger partial charge in [-0.1, -0.05) is 0 Å². The van der Waals surface area contributed by atoms with E-state index in [0.717, 1.165) is 12.0 Å². The third kappa shape index (κ3) is 3.36. The fraction of sp³-hybridized carbons (Fsp3) is 0.533. The maximum atomic E-state index is 12.3. The van der Waals surface area contributed by atoms with Crippen molar-refractivity contribution in [1.29, 1.82) is 0 Å². The Morgan fingerprint density at radius 1 is 1.45 bits per heavy atom. The van der Waals surface area contributed by atoms with Gasteiger partial charge in [-0.2, -0.15) is 0 Å². The second-order valence-corrected chi connectivity index (χ2v) is 5.88. The molecular formula is C15H21N3O4. The number of likely N-dealkylation sites (tertiary alicyclic amines) is 1. The van der Waals surface area contributed by atoms with Crippen LogP contribution in [0.1, 0.15) is 24.5 Å². The van der Waals surface area contributed by atoms with Crippen LogP contribution in [-0.2, 0) is 0 Å². The molecule has 22 heavy (non-hydrogen) atoms. The van der Waals surface area contributed by atoms with E-state index in [2.05, 4.69) is 5.32 Å². The minimum atomic E-state index is -0.455. The fourth-order valence-corrected chi connectivity index (χ4v) is 2.73. The zero-order valence-electron chi connectivity index (χ0n) is 13.0. The molecule has 2 N–H and O–H groups in total. The number of aliphatic hydroxyl groups is 1. The smallest absolute Gasteiger partial charge is 0.321 e. The van der Waals surface area contributed by atoms with Crippen LogP contribution in [0.5, 0.6) is 0 Å². The number of rotatable bonds is 3. The Balaban J connectivity index is 2.12. The average Bonchev–Trinajstić information content (AvgIpc) is 2.91. The standard InChI is InChI=1S/C15H21N3O4/c1-9-6-10(2)14(18(21)22)7-13(9)16-15(20)17-5-4-12(8-17)11(3)19/h6-7,11-12,19H,4-5,8H2,1-3H3,(H,16,20)/t11-,12+/m1/s1. The second kappa shape index (κ2) is 6.31. The van der Waals surface area contributed by atoms with Gasteiger partial charge in [-0.25, -0.2) is 4.79 Å². The number of anilines is 1. The number of nitro groups is 1. The van der Waals surface area contributed by atoms with Gasteiger partial charge in [-0.15, -0.1) is 0 Å². The lowest BCUT2D eigenvalue weighted by Crippen LogP contribution is -2.34. The van der Waals surface area contributed by atoms with Crippen LogP contribution < -0.4 is 5.32 Å². The van der Waals surface area contributed by atoms with Crippen molar-refractivity contribution in [3.63, 3.8) is 0 Å². The topological polar surface area (TPSA) is 95.7 Å². The van der Waals surface area contributed by atoms with Gasteiger partial charge in [0.05, 0.1) is 16.7 Å². The van der Waals surface area contributed by atoms with Gasteiger partial charge >= 0.3 is 6.03 Å². The van der Waals surface area contributed by atoms with Crippen LogP contribution in [0.4, 0.5) is 16.2 Å². The summed E-state index contributed by atoms with van der Waals surface area (Å²) in [5.41, 5.74) is 1.78. The van der Waals surface area contributed by atoms with E-state index in [1.807, 2.05) is 0 Å². The molecule has 0 aromatic heterocycles. The first-order chi connectivity index (χ1) is 10.3. The molecule has 1 fully saturated rings. The first-order valence-corrected chi connectivity index (χ1v) is 7.29. The van der Waals surface area contributed by atoms with Crippen LogP contribution in [0.2, 0.25) is 0 Å². The zero-order chi connectivity index (χ0) is 16.4. The molecule has 1 aliphatic heterocycles. The molecule has 120 valence electrons. The number of carbonyl (C=O) groups excluding carboxylic acids is 1. The van der Waals surface area contributed by atoms with Crippen molar-refractivity contribution in [2.24, 2.45) is 5.92 Å². The number of urea groups is 1. The van der Waals surface area contributed by atoms with Gasteiger partial charge in [0, 0.05) is 30.6 Å². The number of benzene rings is 1. The minimum absolute atomic E-state index is 0.0100. The largest absolute Gasteiger partial charge is 0.393 e. The molecule has 1 aliphatic rings. The predicted molar refractivity (Wildman–Crippen MR) is 82.9 cm³/mol. The summed E-state index contributed by atoms with van der Waals surface area (Å²) in [6.07, 6.45) is 0.318. The summed E-state index contributed by atoms with van der Waals surface area (Å²) in [6, 6.07) is 2.80. The monoisotopic (exact) mass is 307 g/mol. The molecule has 0 radical (unpaired) electrons. The Kier molecular flexibility index (Phi) is 4.65. The van der Waals surface area contributed by atoms with Crippen molar-refractivity contribution in [2.45, 2.75) is 33.3 Å². The molecule has 0 aliphatic carbocycles. The third-order valence-electron chi connectivity index (χ3n) is 4.18. The molecular weight excluding hydrogens is 286 g/mol. The maximum absolute atomic E-state index is 12.3. The molecule has 1 aromatic carbocycles. The van der Waals surface area contributed by atoms with Crippen LogP contribution >= 0.6 is 0 Å². The van der Waals surface area contributed by atoms with Gasteiger partial charge in [0.2, 0.25) is 0 Å². The van der Waals surface area contributed by atoms with Crippen molar-refractivity contribution in [3.8, 4) is 0 Å². The molecule has 0 saturated carbocycles. The molecule has 1 heterocycles. The lowest BCUT2D eigenvalue weighted by atomic mass is 10.0. The maximum Gasteiger partial charge on any atom is 0.321 e. The number of hydrogen-bond donors (Lipinski definition) is 2. The van der Waals surface area contributed by atoms with E-state index in [4.69, 9.17) is 0 Å². The molecule has 0 bridgehead atoms. The molecule has 2 rings (SSSR count). The van der Waals surface area contributed by atoms with Crippen molar-refractivity contribution in [2.75, 3.05) is 18.4 Å². The number of aliphatic hydroxyl groups excluding tert-OH is 1. The molecule has 0 unspecified atom stereocenters. The van der Waals surface area contributed by atoms with Gasteiger partial charge in [0.15, 0.2) is 0 Å². The summed E-state index contributed by atoms with van der Waals surface area (Å²) >= 11 is 0. The lowest BCUT2D eigenvalue weighted by molar-refractivity contribution is -0.385. The van der Waals surface area contributed by atoms with Crippen LogP contribution in [0.3, 0.4) is 0 Å². The third-order valence-corrected chi connectivity index (χ3v) is 4.18. The van der Waals surface area contributed by atoms with Crippen molar-refractivity contribution >= 4 is 17.4 Å². The van der Waals surface area contributed by atoms with E-state index in [1.165, 1.54) is 6.07 Å². The van der Waals surface area contributed by atoms with Gasteiger partial charge in [0.1, 0.15) is 0 Å². The Morgan fingerprint density at radius 3 is 2.68 bits per heavy atom. The number of nitrogens with zero attached hydrogens (tertiary/aromatic N) is 2. The summed E-state index contributed by atoms with van der Waals surface area (Å²) in [7, 11) is 0. The quantitative estimate of drug-likeness (QED) is 0.662. The number of carbonyl (C=O) groups is 1. The van der Waals surface area contributed by atoms with Crippen LogP contribution in [-0.4, -0.2) is 40.2 Å². The van der Waals surface area contributed by atoms with Crippen LogP contribution in [0, 0.1) is 29.9 Å². The predicted octanol–water partition coefficient (Wildman–Crippen LogP) is 2.45. The Labute approximate surface area is 129 Å². The minimum Gasteiger partial charge on any atom is -0.393 e. The highest BCUT2D eigenvalue weighted by molar-refractivity contribution is 5.91. The van der Waals surface area contributed by atoms with Gasteiger partial charge in [-0.05, 0) is 38.8 Å². The number of nitrogens with one attached hydrogen (secondary N) is 1. The second-order valence-electron chi connectivity index (χ2n) is 5.88. The highest BCUT2D eigenvalue weighted by atomic mass is 16.6. The van der Waals surface area contributed by atoms with Gasteiger partial charge in [-0.3, -0.25) is 10.1 Å². The summed E-state index contributed by atoms with van der Waals surface area (Å²) in [5, 5.41) is 23.3. The first-order valence-electron chi connectivity index (χ1n) is 7.29. The number of aryl methyl sites for hydroxylation is 2. The average molecular weight is 307 g/mol. The molecule has 0 spiro atoms. The van der Waals surface area contributed by atoms with Crippen molar-refractivity contribution in [1.82, 2.24) is 4.90 Å². The zero-order valence-corrected chi connectivity index (χ0v) is 13.0. The molecule has 7 nitrogen and oxygen atoms in total. The number of amides is 2. The SMILES string of the molecule is Cc1cc(C)c([N+](=O)[O-])cc1NC(=O)N1CC[C@H]([C@@H](C)O)C1. The Morgan fingerprint density at radius 2 is 2.14 bits per heavy atom. The van der Waals surface area contributed by atoms with Crippen molar-refractivity contribution in [3.05, 3.63) is 33.4 Å². The van der Waals surface area contributed by atoms with Gasteiger partial charge in [0.25, 0.3) is 5.69 Å². The normalized spacial score (nSPS) is 19.1. The van der Waals surface area contributed by atoms with E-state index >= 15 is 0 Å². The molecule has 1 saturated heterocycles. The highest BCUT2D eigenvalue weighted by Crippen LogP contribution is 2.27. The fourth-order valence-electron chi connectivity index (χ4n) is 2.73. The van der Waals surface area contributed by atoms with Crippen LogP contribution in [0.15, 0.2) is 12.1 Å². The summed E-state index contributed by atoms with van der Waals surface area (Å²) < 4.78 is 0. The number of nitro benzene ring substituents is 1. The van der Waals surface area contributed by atoms with Crippen molar-refractivity contribution < 1.29 is 14.8 Å². The summed E-state index contributed by atoms with van der Waals surface area (Å²) in [4.78, 5) is 24.4. The lowest BCUT2D eigenvalue weighted by Gasteiger charge is -2.19. The van der Waals surface area contributed by atoms with E-state index in [1.54, 1.807) is 31.7 Å². The highest BCUT2D eigenvalue weighted by Gasteiger charge is 2.29. The molecule has 2 amide bonds. The molecule has 7 heteroatoms. The molecule has 1 aromatic rings. The Hall–Kier alpha value is -2.15. The number of hydrogen-bond acceptors (Lipinski definition) is 4. The van der Waals surface area contributed by atoms with E-state index in [-0.39, 0.29) is 17.6 Å². The van der Waals surface area contributed by atoms with E-state index in [0.29, 0.717) is 24.3 Å². The molecule has 2 atom stereocenters. The first kappa shape index (κ1) is 16.2. The summed E-state index contributed by atoms with van der Waals surface area (Å²) in [6.45, 7) is 6.27. The summed E-state index contributed by atoms with van der Waals surface area (Å²) in [5.74, 6) is 0.0826.